The second-order valence-electron chi connectivity index (χ2n) is 7.46. The van der Waals surface area contributed by atoms with Crippen LogP contribution in [0, 0.1) is 0 Å². The van der Waals surface area contributed by atoms with Crippen molar-refractivity contribution in [3.8, 4) is 11.5 Å². The maximum absolute atomic E-state index is 13.1. The van der Waals surface area contributed by atoms with Gasteiger partial charge in [-0.3, -0.25) is 4.40 Å². The minimum Gasteiger partial charge on any atom is -0.439 e. The quantitative estimate of drug-likeness (QED) is 0.629. The maximum Gasteiger partial charge on any atom is 0.434 e. The number of halogens is 3. The zero-order valence-corrected chi connectivity index (χ0v) is 15.8. The van der Waals surface area contributed by atoms with E-state index in [0.29, 0.717) is 37.6 Å². The molecule has 2 saturated heterocycles. The fourth-order valence-electron chi connectivity index (χ4n) is 3.89. The number of rotatable bonds is 2. The number of imidazole rings is 1. The van der Waals surface area contributed by atoms with E-state index in [0.717, 1.165) is 12.4 Å². The maximum atomic E-state index is 13.1. The van der Waals surface area contributed by atoms with Crippen molar-refractivity contribution >= 4 is 17.6 Å². The molecule has 1 amide bonds. The van der Waals surface area contributed by atoms with Gasteiger partial charge in [0.15, 0.2) is 22.8 Å². The zero-order chi connectivity index (χ0) is 21.1. The number of carbonyl (C=O) groups excluding carboxylic acids is 1. The average Bonchev–Trinajstić information content (AvgIpc) is 3.38. The molecule has 9 nitrogen and oxygen atoms in total. The minimum absolute atomic E-state index is 0.237. The Morgan fingerprint density at radius 3 is 2.73 bits per heavy atom. The summed E-state index contributed by atoms with van der Waals surface area (Å²) in [4.78, 5) is 31.5. The van der Waals surface area contributed by atoms with Crippen LogP contribution in [0.15, 0.2) is 30.9 Å². The Hall–Kier alpha value is -3.44. The van der Waals surface area contributed by atoms with E-state index in [4.69, 9.17) is 4.74 Å². The molecule has 2 fully saturated rings. The number of likely N-dealkylation sites (N-methyl/N-ethyl adjacent to an activating group) is 1. The van der Waals surface area contributed by atoms with Crippen molar-refractivity contribution in [3.63, 3.8) is 0 Å². The van der Waals surface area contributed by atoms with Gasteiger partial charge in [-0.2, -0.15) is 13.2 Å². The molecule has 0 radical (unpaired) electrons. The second-order valence-corrected chi connectivity index (χ2v) is 7.46. The van der Waals surface area contributed by atoms with Gasteiger partial charge in [-0.15, -0.1) is 0 Å². The van der Waals surface area contributed by atoms with Crippen LogP contribution < -0.4 is 4.90 Å². The molecule has 12 heteroatoms. The van der Waals surface area contributed by atoms with E-state index in [2.05, 4.69) is 19.9 Å². The van der Waals surface area contributed by atoms with Gasteiger partial charge in [0.05, 0.1) is 25.5 Å². The lowest BCUT2D eigenvalue weighted by Gasteiger charge is -2.22. The topological polar surface area (TPSA) is 88.8 Å². The predicted octanol–water partition coefficient (Wildman–Crippen LogP) is 2.24. The number of anilines is 1. The molecule has 0 saturated carbocycles. The number of amides is 1. The molecule has 1 unspecified atom stereocenters. The zero-order valence-electron chi connectivity index (χ0n) is 15.8. The van der Waals surface area contributed by atoms with Gasteiger partial charge in [-0.1, -0.05) is 0 Å². The minimum atomic E-state index is -4.58. The SMILES string of the molecule is CN1CC2(CCN(c3ccnc(-c4cnc5cnc(C(F)(F)F)cn45)n3)C2)OC1=O. The van der Waals surface area contributed by atoms with Gasteiger partial charge >= 0.3 is 12.3 Å². The third-order valence-electron chi connectivity index (χ3n) is 5.34. The van der Waals surface area contributed by atoms with Gasteiger partial charge in [0.1, 0.15) is 11.5 Å². The number of aromatic nitrogens is 5. The third kappa shape index (κ3) is 2.99. The number of ether oxygens (including phenoxy) is 1. The lowest BCUT2D eigenvalue weighted by molar-refractivity contribution is -0.141. The van der Waals surface area contributed by atoms with E-state index in [9.17, 15) is 18.0 Å². The molecule has 156 valence electrons. The smallest absolute Gasteiger partial charge is 0.434 e. The van der Waals surface area contributed by atoms with Gasteiger partial charge in [0.2, 0.25) is 0 Å². The monoisotopic (exact) mass is 419 g/mol. The van der Waals surface area contributed by atoms with E-state index >= 15 is 0 Å². The average molecular weight is 419 g/mol. The van der Waals surface area contributed by atoms with Crippen molar-refractivity contribution in [1.82, 2.24) is 29.2 Å². The van der Waals surface area contributed by atoms with Crippen LogP contribution in [0.25, 0.3) is 17.2 Å². The van der Waals surface area contributed by atoms with E-state index in [1.165, 1.54) is 10.6 Å². The Labute approximate surface area is 168 Å². The number of hydrogen-bond donors (Lipinski definition) is 0. The van der Waals surface area contributed by atoms with Crippen LogP contribution in [0.2, 0.25) is 0 Å². The van der Waals surface area contributed by atoms with Crippen molar-refractivity contribution in [2.75, 3.05) is 31.6 Å². The Balaban J connectivity index is 1.47. The molecule has 2 aliphatic rings. The van der Waals surface area contributed by atoms with E-state index in [-0.39, 0.29) is 17.6 Å². The van der Waals surface area contributed by atoms with Crippen molar-refractivity contribution in [1.29, 1.82) is 0 Å². The van der Waals surface area contributed by atoms with Crippen LogP contribution in [0.1, 0.15) is 12.1 Å². The molecule has 2 aliphatic heterocycles. The summed E-state index contributed by atoms with van der Waals surface area (Å²) in [5.74, 6) is 0.836. The summed E-state index contributed by atoms with van der Waals surface area (Å²) in [5.41, 5.74) is -1.03. The highest BCUT2D eigenvalue weighted by Crippen LogP contribution is 2.34. The fraction of sp³-hybridized carbons (Fsp3) is 0.389. The first-order chi connectivity index (χ1) is 14.2. The summed E-state index contributed by atoms with van der Waals surface area (Å²) in [7, 11) is 1.69. The van der Waals surface area contributed by atoms with Gasteiger partial charge < -0.3 is 14.5 Å². The molecule has 0 aromatic carbocycles. The van der Waals surface area contributed by atoms with Crippen LogP contribution in [-0.2, 0) is 10.9 Å². The molecule has 0 aliphatic carbocycles. The highest BCUT2D eigenvalue weighted by molar-refractivity contribution is 5.71. The molecule has 5 rings (SSSR count). The van der Waals surface area contributed by atoms with Gasteiger partial charge in [0, 0.05) is 32.4 Å². The summed E-state index contributed by atoms with van der Waals surface area (Å²) in [5, 5.41) is 0. The molecule has 0 bridgehead atoms. The van der Waals surface area contributed by atoms with Crippen molar-refractivity contribution in [3.05, 3.63) is 36.5 Å². The summed E-state index contributed by atoms with van der Waals surface area (Å²) < 4.78 is 46.0. The van der Waals surface area contributed by atoms with Crippen LogP contribution in [0.4, 0.5) is 23.8 Å². The summed E-state index contributed by atoms with van der Waals surface area (Å²) in [6.45, 7) is 1.61. The van der Waals surface area contributed by atoms with Crippen LogP contribution in [-0.4, -0.2) is 67.6 Å². The van der Waals surface area contributed by atoms with Gasteiger partial charge in [-0.25, -0.2) is 24.7 Å². The molecule has 1 spiro atoms. The van der Waals surface area contributed by atoms with Crippen LogP contribution in [0.5, 0.6) is 0 Å². The first-order valence-corrected chi connectivity index (χ1v) is 9.17. The largest absolute Gasteiger partial charge is 0.439 e. The van der Waals surface area contributed by atoms with Crippen molar-refractivity contribution in [2.45, 2.75) is 18.2 Å². The first-order valence-electron chi connectivity index (χ1n) is 9.17. The Morgan fingerprint density at radius 1 is 1.17 bits per heavy atom. The predicted molar refractivity (Wildman–Crippen MR) is 97.7 cm³/mol. The summed E-state index contributed by atoms with van der Waals surface area (Å²) >= 11 is 0. The molecule has 3 aromatic heterocycles. The normalized spacial score (nSPS) is 21.8. The van der Waals surface area contributed by atoms with Crippen molar-refractivity contribution in [2.24, 2.45) is 0 Å². The third-order valence-corrected chi connectivity index (χ3v) is 5.34. The van der Waals surface area contributed by atoms with Gasteiger partial charge in [0.25, 0.3) is 0 Å². The molecule has 5 heterocycles. The van der Waals surface area contributed by atoms with Crippen molar-refractivity contribution < 1.29 is 22.7 Å². The molecule has 30 heavy (non-hydrogen) atoms. The lowest BCUT2D eigenvalue weighted by atomic mass is 10.0. The number of nitrogens with zero attached hydrogens (tertiary/aromatic N) is 7. The van der Waals surface area contributed by atoms with Gasteiger partial charge in [-0.05, 0) is 6.07 Å². The highest BCUT2D eigenvalue weighted by Gasteiger charge is 2.48. The number of fused-ring (bicyclic) bond motifs is 1. The molecule has 1 atom stereocenters. The molecular weight excluding hydrogens is 403 g/mol. The molecule has 0 N–H and O–H groups in total. The fourth-order valence-corrected chi connectivity index (χ4v) is 3.89. The summed E-state index contributed by atoms with van der Waals surface area (Å²) in [6, 6.07) is 1.72. The number of alkyl halides is 3. The number of carbonyl (C=O) groups is 1. The second kappa shape index (κ2) is 6.28. The lowest BCUT2D eigenvalue weighted by Crippen LogP contribution is -2.37. The highest BCUT2D eigenvalue weighted by atomic mass is 19.4. The van der Waals surface area contributed by atoms with E-state index < -0.39 is 17.5 Å². The standard InChI is InChI=1S/C18H16F3N7O2/c1-26-9-17(30-16(26)29)3-5-27(10-17)13-2-4-22-15(25-13)11-6-24-14-7-23-12(8-28(11)14)18(19,20)21/h2,4,6-8H,3,5,9-10H2,1H3. The Morgan fingerprint density at radius 2 is 2.00 bits per heavy atom. The van der Waals surface area contributed by atoms with Crippen LogP contribution in [0.3, 0.4) is 0 Å². The van der Waals surface area contributed by atoms with Crippen LogP contribution >= 0.6 is 0 Å². The first kappa shape index (κ1) is 18.6. The Bertz CT molecular complexity index is 1150. The van der Waals surface area contributed by atoms with E-state index in [1.807, 2.05) is 4.90 Å². The summed E-state index contributed by atoms with van der Waals surface area (Å²) in [6.07, 6.45) is 0.640. The molecule has 3 aromatic rings. The number of hydrogen-bond acceptors (Lipinski definition) is 7. The van der Waals surface area contributed by atoms with E-state index in [1.54, 1.807) is 24.2 Å². The Kier molecular flexibility index (Phi) is 3.89. The molecular formula is C18H16F3N7O2.